The number of ether oxygens (including phenoxy) is 2. The Hall–Kier alpha value is -3.22. The average molecular weight is 365 g/mol. The molecule has 0 saturated carbocycles. The van der Waals surface area contributed by atoms with Gasteiger partial charge in [0.1, 0.15) is 19.3 Å². The molecule has 0 aromatic heterocycles. The second kappa shape index (κ2) is 6.19. The van der Waals surface area contributed by atoms with Crippen LogP contribution in [0, 0.1) is 0 Å². The summed E-state index contributed by atoms with van der Waals surface area (Å²) in [5.74, 6) is 1.06. The van der Waals surface area contributed by atoms with Gasteiger partial charge in [-0.05, 0) is 43.2 Å². The van der Waals surface area contributed by atoms with E-state index in [4.69, 9.17) is 9.47 Å². The van der Waals surface area contributed by atoms with Crippen molar-refractivity contribution in [1.29, 1.82) is 0 Å². The van der Waals surface area contributed by atoms with Crippen LogP contribution in [0.15, 0.2) is 36.4 Å². The van der Waals surface area contributed by atoms with E-state index in [1.165, 1.54) is 0 Å². The van der Waals surface area contributed by atoms with Crippen LogP contribution in [-0.4, -0.2) is 37.6 Å². The van der Waals surface area contributed by atoms with E-state index < -0.39 is 0 Å². The molecule has 1 fully saturated rings. The number of nitrogens with zero attached hydrogens (tertiary/aromatic N) is 1. The van der Waals surface area contributed by atoms with E-state index in [-0.39, 0.29) is 17.9 Å². The number of fused-ring (bicyclic) bond motifs is 4. The zero-order valence-corrected chi connectivity index (χ0v) is 14.7. The van der Waals surface area contributed by atoms with Gasteiger partial charge in [0.25, 0.3) is 5.91 Å². The quantitative estimate of drug-likeness (QED) is 0.855. The van der Waals surface area contributed by atoms with Crippen molar-refractivity contribution in [3.63, 3.8) is 0 Å². The largest absolute Gasteiger partial charge is 0.486 e. The predicted octanol–water partition coefficient (Wildman–Crippen LogP) is 2.63. The molecule has 2 aromatic carbocycles. The van der Waals surface area contributed by atoms with Crippen molar-refractivity contribution in [2.24, 2.45) is 0 Å². The highest BCUT2D eigenvalue weighted by atomic mass is 16.6. The van der Waals surface area contributed by atoms with E-state index in [9.17, 15) is 9.59 Å². The van der Waals surface area contributed by atoms with Gasteiger partial charge in [0.15, 0.2) is 11.5 Å². The van der Waals surface area contributed by atoms with Gasteiger partial charge in [-0.15, -0.1) is 0 Å². The monoisotopic (exact) mass is 365 g/mol. The highest BCUT2D eigenvalue weighted by Crippen LogP contribution is 2.37. The molecule has 27 heavy (non-hydrogen) atoms. The first kappa shape index (κ1) is 16.0. The zero-order chi connectivity index (χ0) is 18.4. The molecule has 5 rings (SSSR count). The maximum Gasteiger partial charge on any atom is 0.255 e. The first-order valence-corrected chi connectivity index (χ1v) is 9.11. The number of hydrogen-bond donors (Lipinski definition) is 2. The van der Waals surface area contributed by atoms with Gasteiger partial charge in [0, 0.05) is 23.9 Å². The van der Waals surface area contributed by atoms with E-state index >= 15 is 0 Å². The molecule has 3 aliphatic heterocycles. The van der Waals surface area contributed by atoms with Crippen molar-refractivity contribution < 1.29 is 19.1 Å². The van der Waals surface area contributed by atoms with E-state index in [2.05, 4.69) is 15.5 Å². The minimum Gasteiger partial charge on any atom is -0.486 e. The number of carbonyl (C=O) groups is 2. The molecule has 1 atom stereocenters. The third kappa shape index (κ3) is 2.75. The van der Waals surface area contributed by atoms with Gasteiger partial charge in [0.05, 0.1) is 11.4 Å². The van der Waals surface area contributed by atoms with Crippen LogP contribution >= 0.6 is 0 Å². The van der Waals surface area contributed by atoms with E-state index in [0.29, 0.717) is 41.7 Å². The van der Waals surface area contributed by atoms with Crippen LogP contribution in [0.4, 0.5) is 17.1 Å². The number of anilines is 3. The summed E-state index contributed by atoms with van der Waals surface area (Å²) in [6.45, 7) is 1.89. The molecule has 0 spiro atoms. The third-order valence-corrected chi connectivity index (χ3v) is 5.18. The SMILES string of the molecule is O=C(Nc1ccc2c(c1)OCCO2)c1ccc2c(c1)NC(=O)C1CCCN21. The van der Waals surface area contributed by atoms with Gasteiger partial charge in [-0.25, -0.2) is 0 Å². The normalized spacial score (nSPS) is 19.8. The lowest BCUT2D eigenvalue weighted by atomic mass is 10.1. The topological polar surface area (TPSA) is 79.9 Å². The summed E-state index contributed by atoms with van der Waals surface area (Å²) < 4.78 is 11.0. The van der Waals surface area contributed by atoms with Crippen LogP contribution in [0.2, 0.25) is 0 Å². The van der Waals surface area contributed by atoms with Crippen LogP contribution in [-0.2, 0) is 4.79 Å². The number of carbonyl (C=O) groups excluding carboxylic acids is 2. The highest BCUT2D eigenvalue weighted by Gasteiger charge is 2.36. The smallest absolute Gasteiger partial charge is 0.255 e. The molecular formula is C20H19N3O4. The van der Waals surface area contributed by atoms with Crippen molar-refractivity contribution in [3.8, 4) is 11.5 Å². The molecule has 0 bridgehead atoms. The number of hydrogen-bond acceptors (Lipinski definition) is 5. The molecule has 3 heterocycles. The zero-order valence-electron chi connectivity index (χ0n) is 14.7. The van der Waals surface area contributed by atoms with Gasteiger partial charge in [-0.3, -0.25) is 9.59 Å². The fraction of sp³-hybridized carbons (Fsp3) is 0.300. The van der Waals surface area contributed by atoms with Crippen molar-refractivity contribution in [2.75, 3.05) is 35.3 Å². The van der Waals surface area contributed by atoms with Crippen molar-refractivity contribution >= 4 is 28.9 Å². The van der Waals surface area contributed by atoms with Gasteiger partial charge >= 0.3 is 0 Å². The molecule has 7 nitrogen and oxygen atoms in total. The minimum absolute atomic E-state index is 0.00407. The molecule has 138 valence electrons. The van der Waals surface area contributed by atoms with Crippen LogP contribution in [0.3, 0.4) is 0 Å². The Morgan fingerprint density at radius 3 is 2.85 bits per heavy atom. The molecular weight excluding hydrogens is 346 g/mol. The lowest BCUT2D eigenvalue weighted by molar-refractivity contribution is -0.117. The molecule has 3 aliphatic rings. The standard InChI is InChI=1S/C20H19N3O4/c24-19(21-13-4-6-17-18(11-13)27-9-8-26-17)12-3-5-15-14(10-12)22-20(25)16-2-1-7-23(15)16/h3-6,10-11,16H,1-2,7-9H2,(H,21,24)(H,22,25). The summed E-state index contributed by atoms with van der Waals surface area (Å²) in [5.41, 5.74) is 2.79. The summed E-state index contributed by atoms with van der Waals surface area (Å²) in [7, 11) is 0. The Morgan fingerprint density at radius 1 is 1.11 bits per heavy atom. The molecule has 1 saturated heterocycles. The summed E-state index contributed by atoms with van der Waals surface area (Å²) in [6, 6.07) is 10.7. The summed E-state index contributed by atoms with van der Waals surface area (Å²) >= 11 is 0. The molecule has 7 heteroatoms. The summed E-state index contributed by atoms with van der Waals surface area (Å²) in [6.07, 6.45) is 1.88. The van der Waals surface area contributed by atoms with Gasteiger partial charge in [-0.1, -0.05) is 0 Å². The maximum atomic E-state index is 12.7. The van der Waals surface area contributed by atoms with Gasteiger partial charge in [-0.2, -0.15) is 0 Å². The fourth-order valence-corrected chi connectivity index (χ4v) is 3.90. The lowest BCUT2D eigenvalue weighted by Gasteiger charge is -2.33. The molecule has 0 aliphatic carbocycles. The van der Waals surface area contributed by atoms with E-state index in [1.54, 1.807) is 30.3 Å². The first-order chi connectivity index (χ1) is 13.2. The van der Waals surface area contributed by atoms with Crippen molar-refractivity contribution in [2.45, 2.75) is 18.9 Å². The van der Waals surface area contributed by atoms with E-state index in [1.807, 2.05) is 6.07 Å². The highest BCUT2D eigenvalue weighted by molar-refractivity contribution is 6.09. The Bertz CT molecular complexity index is 943. The second-order valence-electron chi connectivity index (χ2n) is 6.89. The lowest BCUT2D eigenvalue weighted by Crippen LogP contribution is -2.43. The fourth-order valence-electron chi connectivity index (χ4n) is 3.90. The average Bonchev–Trinajstić information content (AvgIpc) is 3.18. The molecule has 2 N–H and O–H groups in total. The van der Waals surface area contributed by atoms with Crippen LogP contribution in [0.25, 0.3) is 0 Å². The van der Waals surface area contributed by atoms with Crippen LogP contribution in [0.5, 0.6) is 11.5 Å². The Balaban J connectivity index is 1.38. The maximum absolute atomic E-state index is 12.7. The first-order valence-electron chi connectivity index (χ1n) is 9.11. The number of nitrogens with one attached hydrogen (secondary N) is 2. The molecule has 2 aromatic rings. The van der Waals surface area contributed by atoms with E-state index in [0.717, 1.165) is 25.1 Å². The molecule has 0 radical (unpaired) electrons. The summed E-state index contributed by atoms with van der Waals surface area (Å²) in [5, 5.41) is 5.81. The molecule has 1 unspecified atom stereocenters. The summed E-state index contributed by atoms with van der Waals surface area (Å²) in [4.78, 5) is 27.1. The van der Waals surface area contributed by atoms with Crippen molar-refractivity contribution in [1.82, 2.24) is 0 Å². The Morgan fingerprint density at radius 2 is 1.96 bits per heavy atom. The Labute approximate surface area is 156 Å². The number of amides is 2. The van der Waals surface area contributed by atoms with Gasteiger partial charge in [0.2, 0.25) is 5.91 Å². The minimum atomic E-state index is -0.243. The Kier molecular flexibility index (Phi) is 3.67. The molecule has 2 amide bonds. The van der Waals surface area contributed by atoms with Crippen LogP contribution in [0.1, 0.15) is 23.2 Å². The number of rotatable bonds is 2. The predicted molar refractivity (Wildman–Crippen MR) is 101 cm³/mol. The van der Waals surface area contributed by atoms with Crippen LogP contribution < -0.4 is 25.0 Å². The van der Waals surface area contributed by atoms with Gasteiger partial charge < -0.3 is 25.0 Å². The third-order valence-electron chi connectivity index (χ3n) is 5.18. The second-order valence-corrected chi connectivity index (χ2v) is 6.89. The van der Waals surface area contributed by atoms with Crippen molar-refractivity contribution in [3.05, 3.63) is 42.0 Å². The number of benzene rings is 2.